The summed E-state index contributed by atoms with van der Waals surface area (Å²) in [5.74, 6) is 0. The summed E-state index contributed by atoms with van der Waals surface area (Å²) in [7, 11) is 0. The summed E-state index contributed by atoms with van der Waals surface area (Å²) in [4.78, 5) is 0. The van der Waals surface area contributed by atoms with Crippen LogP contribution in [-0.2, 0) is 0 Å². The fourth-order valence-electron chi connectivity index (χ4n) is 1.26. The van der Waals surface area contributed by atoms with Gasteiger partial charge in [-0.25, -0.2) is 0 Å². The number of hydrogen-bond donors (Lipinski definition) is 2. The molecule has 0 heterocycles. The quantitative estimate of drug-likeness (QED) is 0.693. The van der Waals surface area contributed by atoms with Gasteiger partial charge in [-0.3, -0.25) is 0 Å². The molecule has 0 amide bonds. The van der Waals surface area contributed by atoms with Crippen LogP contribution in [0.25, 0.3) is 0 Å². The molecule has 1 aromatic rings. The van der Waals surface area contributed by atoms with Crippen molar-refractivity contribution in [1.82, 2.24) is 0 Å². The fraction of sp³-hybridized carbons (Fsp3) is 0.400. The first-order chi connectivity index (χ1) is 5.65. The van der Waals surface area contributed by atoms with E-state index in [1.54, 1.807) is 0 Å². The van der Waals surface area contributed by atoms with Crippen LogP contribution in [0.15, 0.2) is 18.2 Å². The van der Waals surface area contributed by atoms with Crippen LogP contribution in [0.3, 0.4) is 0 Å². The molecular weight excluding hydrogens is 150 g/mol. The van der Waals surface area contributed by atoms with Gasteiger partial charge >= 0.3 is 0 Å². The summed E-state index contributed by atoms with van der Waals surface area (Å²) in [6.07, 6.45) is 0. The van der Waals surface area contributed by atoms with Crippen LogP contribution < -0.4 is 5.73 Å². The second-order valence-electron chi connectivity index (χ2n) is 3.15. The number of aliphatic hydroxyl groups excluding tert-OH is 1. The second-order valence-corrected chi connectivity index (χ2v) is 3.15. The smallest absolute Gasteiger partial charge is 0.0624 e. The van der Waals surface area contributed by atoms with Crippen molar-refractivity contribution in [3.05, 3.63) is 34.9 Å². The highest BCUT2D eigenvalue weighted by Gasteiger charge is 2.06. The lowest BCUT2D eigenvalue weighted by atomic mass is 10.0. The van der Waals surface area contributed by atoms with Gasteiger partial charge in [-0.05, 0) is 25.0 Å². The van der Waals surface area contributed by atoms with E-state index < -0.39 is 0 Å². The molecule has 0 saturated carbocycles. The van der Waals surface area contributed by atoms with E-state index in [0.717, 1.165) is 11.1 Å². The van der Waals surface area contributed by atoms with Crippen LogP contribution in [0.4, 0.5) is 0 Å². The first-order valence-corrected chi connectivity index (χ1v) is 4.08. The number of aliphatic hydroxyl groups is 1. The van der Waals surface area contributed by atoms with Crippen LogP contribution in [0.5, 0.6) is 0 Å². The summed E-state index contributed by atoms with van der Waals surface area (Å²) in [5, 5.41) is 8.88. The molecule has 0 radical (unpaired) electrons. The van der Waals surface area contributed by atoms with Crippen molar-refractivity contribution in [3.8, 4) is 0 Å². The average Bonchev–Trinajstić information content (AvgIpc) is 2.08. The van der Waals surface area contributed by atoms with Gasteiger partial charge in [0.25, 0.3) is 0 Å². The monoisotopic (exact) mass is 165 g/mol. The minimum atomic E-state index is -0.245. The molecule has 1 aromatic carbocycles. The standard InChI is InChI=1S/C10H15NO/c1-7-3-4-8(2)9(5-7)10(11)6-12/h3-5,10,12H,6,11H2,1-2H3. The zero-order chi connectivity index (χ0) is 9.14. The highest BCUT2D eigenvalue weighted by molar-refractivity contribution is 5.32. The molecule has 2 nitrogen and oxygen atoms in total. The molecule has 0 bridgehead atoms. The molecule has 1 atom stereocenters. The molecule has 0 spiro atoms. The summed E-state index contributed by atoms with van der Waals surface area (Å²) in [6, 6.07) is 5.85. The molecular formula is C10H15NO. The molecule has 0 saturated heterocycles. The van der Waals surface area contributed by atoms with Gasteiger partial charge in [0.05, 0.1) is 12.6 Å². The number of hydrogen-bond acceptors (Lipinski definition) is 2. The topological polar surface area (TPSA) is 46.2 Å². The van der Waals surface area contributed by atoms with Crippen molar-refractivity contribution < 1.29 is 5.11 Å². The predicted octanol–water partition coefficient (Wildman–Crippen LogP) is 1.30. The maximum atomic E-state index is 8.88. The summed E-state index contributed by atoms with van der Waals surface area (Å²) in [6.45, 7) is 4.03. The molecule has 2 heteroatoms. The SMILES string of the molecule is Cc1ccc(C)c(C(N)CO)c1. The van der Waals surface area contributed by atoms with E-state index in [0.29, 0.717) is 0 Å². The maximum absolute atomic E-state index is 8.88. The van der Waals surface area contributed by atoms with Gasteiger partial charge in [0, 0.05) is 0 Å². The van der Waals surface area contributed by atoms with E-state index in [-0.39, 0.29) is 12.6 Å². The summed E-state index contributed by atoms with van der Waals surface area (Å²) >= 11 is 0. The minimum Gasteiger partial charge on any atom is -0.394 e. The van der Waals surface area contributed by atoms with Gasteiger partial charge in [-0.2, -0.15) is 0 Å². The lowest BCUT2D eigenvalue weighted by Crippen LogP contribution is -2.15. The van der Waals surface area contributed by atoms with Crippen LogP contribution in [0.1, 0.15) is 22.7 Å². The molecule has 0 fully saturated rings. The van der Waals surface area contributed by atoms with E-state index in [2.05, 4.69) is 0 Å². The zero-order valence-corrected chi connectivity index (χ0v) is 7.54. The van der Waals surface area contributed by atoms with Crippen molar-refractivity contribution in [1.29, 1.82) is 0 Å². The average molecular weight is 165 g/mol. The van der Waals surface area contributed by atoms with Gasteiger partial charge < -0.3 is 10.8 Å². The Labute approximate surface area is 73.0 Å². The number of nitrogens with two attached hydrogens (primary N) is 1. The molecule has 1 rings (SSSR count). The van der Waals surface area contributed by atoms with Crippen LogP contribution in [0.2, 0.25) is 0 Å². The third-order valence-corrected chi connectivity index (χ3v) is 2.03. The van der Waals surface area contributed by atoms with Crippen molar-refractivity contribution in [2.24, 2.45) is 5.73 Å². The van der Waals surface area contributed by atoms with Gasteiger partial charge in [0.15, 0.2) is 0 Å². The van der Waals surface area contributed by atoms with E-state index in [4.69, 9.17) is 10.8 Å². The largest absolute Gasteiger partial charge is 0.394 e. The van der Waals surface area contributed by atoms with Gasteiger partial charge in [0.2, 0.25) is 0 Å². The van der Waals surface area contributed by atoms with E-state index in [1.807, 2.05) is 32.0 Å². The van der Waals surface area contributed by atoms with Crippen LogP contribution >= 0.6 is 0 Å². The Hall–Kier alpha value is -0.860. The highest BCUT2D eigenvalue weighted by Crippen LogP contribution is 2.16. The Kier molecular flexibility index (Phi) is 2.84. The zero-order valence-electron chi connectivity index (χ0n) is 7.54. The van der Waals surface area contributed by atoms with Gasteiger partial charge in [-0.15, -0.1) is 0 Å². The lowest BCUT2D eigenvalue weighted by Gasteiger charge is -2.12. The Morgan fingerprint density at radius 3 is 2.67 bits per heavy atom. The summed E-state index contributed by atoms with van der Waals surface area (Å²) in [5.41, 5.74) is 9.07. The van der Waals surface area contributed by atoms with Crippen molar-refractivity contribution in [3.63, 3.8) is 0 Å². The second kappa shape index (κ2) is 3.70. The van der Waals surface area contributed by atoms with Crippen molar-refractivity contribution in [2.75, 3.05) is 6.61 Å². The number of benzene rings is 1. The first kappa shape index (κ1) is 9.23. The van der Waals surface area contributed by atoms with E-state index >= 15 is 0 Å². The van der Waals surface area contributed by atoms with E-state index in [1.165, 1.54) is 5.56 Å². The molecule has 0 aliphatic heterocycles. The predicted molar refractivity (Wildman–Crippen MR) is 49.9 cm³/mol. The van der Waals surface area contributed by atoms with Crippen molar-refractivity contribution in [2.45, 2.75) is 19.9 Å². The number of aryl methyl sites for hydroxylation is 2. The maximum Gasteiger partial charge on any atom is 0.0624 e. The molecule has 0 aromatic heterocycles. The minimum absolute atomic E-state index is 0.00426. The third-order valence-electron chi connectivity index (χ3n) is 2.03. The van der Waals surface area contributed by atoms with Crippen molar-refractivity contribution >= 4 is 0 Å². The van der Waals surface area contributed by atoms with E-state index in [9.17, 15) is 0 Å². The summed E-state index contributed by atoms with van der Waals surface area (Å²) < 4.78 is 0. The molecule has 0 aliphatic carbocycles. The highest BCUT2D eigenvalue weighted by atomic mass is 16.3. The Bertz CT molecular complexity index is 271. The van der Waals surface area contributed by atoms with Gasteiger partial charge in [0.1, 0.15) is 0 Å². The molecule has 1 unspecified atom stereocenters. The van der Waals surface area contributed by atoms with Crippen LogP contribution in [0, 0.1) is 13.8 Å². The Balaban J connectivity index is 3.04. The van der Waals surface area contributed by atoms with Gasteiger partial charge in [-0.1, -0.05) is 23.8 Å². The first-order valence-electron chi connectivity index (χ1n) is 4.08. The molecule has 0 aliphatic rings. The normalized spacial score (nSPS) is 13.0. The molecule has 12 heavy (non-hydrogen) atoms. The Morgan fingerprint density at radius 2 is 2.08 bits per heavy atom. The fourth-order valence-corrected chi connectivity index (χ4v) is 1.26. The molecule has 66 valence electrons. The third kappa shape index (κ3) is 1.84. The lowest BCUT2D eigenvalue weighted by molar-refractivity contribution is 0.267. The molecule has 3 N–H and O–H groups in total. The Morgan fingerprint density at radius 1 is 1.42 bits per heavy atom. The number of rotatable bonds is 2. The van der Waals surface area contributed by atoms with Crippen LogP contribution in [-0.4, -0.2) is 11.7 Å².